The SMILES string of the molecule is CCc1[nH]c2nc(Sc3cnc4cccnc4c3)nc(N3CCC(CNC(=O)c4nccs4)C3)c2c1Cl. The molecular formula is C25H23ClN8OS2. The number of pyridine rings is 2. The van der Waals surface area contributed by atoms with Crippen LogP contribution in [-0.2, 0) is 6.42 Å². The minimum atomic E-state index is -0.128. The number of hydrogen-bond donors (Lipinski definition) is 2. The van der Waals surface area contributed by atoms with Crippen molar-refractivity contribution in [2.45, 2.75) is 29.8 Å². The van der Waals surface area contributed by atoms with Crippen LogP contribution in [0.4, 0.5) is 5.82 Å². The van der Waals surface area contributed by atoms with E-state index in [9.17, 15) is 4.79 Å². The monoisotopic (exact) mass is 550 g/mol. The summed E-state index contributed by atoms with van der Waals surface area (Å²) in [6.45, 7) is 4.23. The number of carbonyl (C=O) groups is 1. The molecule has 0 radical (unpaired) electrons. The summed E-state index contributed by atoms with van der Waals surface area (Å²) in [7, 11) is 0. The summed E-state index contributed by atoms with van der Waals surface area (Å²) in [6, 6.07) is 5.81. The molecule has 1 aliphatic heterocycles. The molecular weight excluding hydrogens is 528 g/mol. The Morgan fingerprint density at radius 1 is 1.27 bits per heavy atom. The Balaban J connectivity index is 1.27. The number of halogens is 1. The predicted molar refractivity (Wildman–Crippen MR) is 147 cm³/mol. The first-order valence-electron chi connectivity index (χ1n) is 12.0. The van der Waals surface area contributed by atoms with Gasteiger partial charge in [0, 0.05) is 54.2 Å². The highest BCUT2D eigenvalue weighted by Crippen LogP contribution is 2.38. The lowest BCUT2D eigenvalue weighted by atomic mass is 10.1. The van der Waals surface area contributed by atoms with Gasteiger partial charge in [-0.15, -0.1) is 11.3 Å². The Hall–Kier alpha value is -3.28. The molecule has 1 unspecified atom stereocenters. The fraction of sp³-hybridized carbons (Fsp3) is 0.280. The molecule has 0 bridgehead atoms. The molecule has 6 heterocycles. The highest BCUT2D eigenvalue weighted by atomic mass is 35.5. The zero-order valence-corrected chi connectivity index (χ0v) is 22.3. The standard InChI is InChI=1S/C25H23ClN8OS2/c1-2-16-20(26)19-21(31-16)32-25(37-15-10-18-17(29-12-15)4-3-6-27-18)33-22(19)34-8-5-14(13-34)11-30-23(35)24-28-7-9-36-24/h3-4,6-7,9-10,12,14H,2,5,8,11,13H2,1H3,(H,30,35)(H,31,32,33). The van der Waals surface area contributed by atoms with Gasteiger partial charge in [-0.05, 0) is 48.7 Å². The maximum absolute atomic E-state index is 12.3. The van der Waals surface area contributed by atoms with Crippen LogP contribution in [0.5, 0.6) is 0 Å². The van der Waals surface area contributed by atoms with E-state index in [2.05, 4.69) is 37.1 Å². The third-order valence-corrected chi connectivity index (χ3v) is 8.39. The fourth-order valence-electron chi connectivity index (χ4n) is 4.52. The van der Waals surface area contributed by atoms with Crippen LogP contribution in [0, 0.1) is 5.92 Å². The van der Waals surface area contributed by atoms with Crippen molar-refractivity contribution in [3.63, 3.8) is 0 Å². The third-order valence-electron chi connectivity index (χ3n) is 6.38. The topological polar surface area (TPSA) is 113 Å². The van der Waals surface area contributed by atoms with Crippen molar-refractivity contribution in [2.75, 3.05) is 24.5 Å². The zero-order chi connectivity index (χ0) is 25.4. The summed E-state index contributed by atoms with van der Waals surface area (Å²) < 4.78 is 0. The summed E-state index contributed by atoms with van der Waals surface area (Å²) in [5.74, 6) is 0.981. The van der Waals surface area contributed by atoms with Crippen molar-refractivity contribution >= 4 is 68.5 Å². The molecule has 1 atom stereocenters. The second kappa shape index (κ2) is 10.2. The Morgan fingerprint density at radius 3 is 3.03 bits per heavy atom. The van der Waals surface area contributed by atoms with E-state index in [1.807, 2.05) is 24.4 Å². The average molecular weight is 551 g/mol. The number of nitrogens with zero attached hydrogens (tertiary/aromatic N) is 6. The molecule has 2 N–H and O–H groups in total. The maximum Gasteiger partial charge on any atom is 0.280 e. The van der Waals surface area contributed by atoms with Gasteiger partial charge in [0.2, 0.25) is 0 Å². The largest absolute Gasteiger partial charge is 0.356 e. The number of aromatic amines is 1. The van der Waals surface area contributed by atoms with Gasteiger partial charge in [0.1, 0.15) is 11.5 Å². The number of anilines is 1. The van der Waals surface area contributed by atoms with Crippen LogP contribution >= 0.6 is 34.7 Å². The van der Waals surface area contributed by atoms with E-state index in [1.54, 1.807) is 17.8 Å². The second-order valence-corrected chi connectivity index (χ2v) is 11.1. The zero-order valence-electron chi connectivity index (χ0n) is 19.9. The van der Waals surface area contributed by atoms with Crippen molar-refractivity contribution in [3.8, 4) is 0 Å². The Labute approximate surface area is 226 Å². The van der Waals surface area contributed by atoms with Crippen molar-refractivity contribution in [2.24, 2.45) is 5.92 Å². The van der Waals surface area contributed by atoms with Crippen molar-refractivity contribution in [3.05, 3.63) is 57.9 Å². The van der Waals surface area contributed by atoms with Crippen LogP contribution in [0.3, 0.4) is 0 Å². The molecule has 5 aromatic rings. The number of nitrogens with one attached hydrogen (secondary N) is 2. The number of amides is 1. The first-order valence-corrected chi connectivity index (χ1v) is 14.1. The van der Waals surface area contributed by atoms with Crippen LogP contribution in [0.2, 0.25) is 5.02 Å². The Kier molecular flexibility index (Phi) is 6.66. The van der Waals surface area contributed by atoms with Crippen molar-refractivity contribution in [1.82, 2.24) is 35.2 Å². The van der Waals surface area contributed by atoms with Gasteiger partial charge >= 0.3 is 0 Å². The number of fused-ring (bicyclic) bond motifs is 2. The van der Waals surface area contributed by atoms with E-state index in [0.717, 1.165) is 64.4 Å². The van der Waals surface area contributed by atoms with Gasteiger partial charge in [0.15, 0.2) is 10.2 Å². The minimum Gasteiger partial charge on any atom is -0.356 e. The predicted octanol–water partition coefficient (Wildman–Crippen LogP) is 4.98. The van der Waals surface area contributed by atoms with Crippen LogP contribution in [-0.4, -0.2) is 55.4 Å². The number of rotatable bonds is 7. The molecule has 0 aliphatic carbocycles. The fourth-order valence-corrected chi connectivity index (χ4v) is 6.19. The number of H-pyrrole nitrogens is 1. The summed E-state index contributed by atoms with van der Waals surface area (Å²) in [4.78, 5) is 41.7. The first kappa shape index (κ1) is 24.1. The van der Waals surface area contributed by atoms with Gasteiger partial charge in [0.05, 0.1) is 21.4 Å². The highest BCUT2D eigenvalue weighted by Gasteiger charge is 2.28. The number of aromatic nitrogens is 6. The van der Waals surface area contributed by atoms with E-state index in [4.69, 9.17) is 21.6 Å². The van der Waals surface area contributed by atoms with Crippen LogP contribution in [0.15, 0.2) is 52.2 Å². The number of aryl methyl sites for hydroxylation is 1. The van der Waals surface area contributed by atoms with E-state index >= 15 is 0 Å². The first-order chi connectivity index (χ1) is 18.1. The van der Waals surface area contributed by atoms with Gasteiger partial charge in [-0.1, -0.05) is 18.5 Å². The summed E-state index contributed by atoms with van der Waals surface area (Å²) in [6.07, 6.45) is 6.92. The molecule has 9 nitrogen and oxygen atoms in total. The quantitative estimate of drug-likeness (QED) is 0.273. The molecule has 6 rings (SSSR count). The smallest absolute Gasteiger partial charge is 0.280 e. The van der Waals surface area contributed by atoms with Gasteiger partial charge in [0.25, 0.3) is 5.91 Å². The lowest BCUT2D eigenvalue weighted by molar-refractivity contribution is 0.0948. The van der Waals surface area contributed by atoms with Gasteiger partial charge in [-0.25, -0.2) is 15.0 Å². The molecule has 0 aromatic carbocycles. The van der Waals surface area contributed by atoms with E-state index in [1.165, 1.54) is 23.1 Å². The van der Waals surface area contributed by atoms with Crippen molar-refractivity contribution in [1.29, 1.82) is 0 Å². The summed E-state index contributed by atoms with van der Waals surface area (Å²) >= 11 is 9.58. The molecule has 0 spiro atoms. The summed E-state index contributed by atoms with van der Waals surface area (Å²) in [5.41, 5.74) is 3.34. The molecule has 1 amide bonds. The maximum atomic E-state index is 12.3. The molecule has 12 heteroatoms. The van der Waals surface area contributed by atoms with Crippen molar-refractivity contribution < 1.29 is 4.79 Å². The van der Waals surface area contributed by atoms with E-state index in [-0.39, 0.29) is 5.91 Å². The normalized spacial score (nSPS) is 15.6. The highest BCUT2D eigenvalue weighted by molar-refractivity contribution is 7.99. The second-order valence-electron chi connectivity index (χ2n) is 8.79. The molecule has 0 saturated carbocycles. The van der Waals surface area contributed by atoms with Crippen LogP contribution < -0.4 is 10.2 Å². The molecule has 188 valence electrons. The number of hydrogen-bond acceptors (Lipinski definition) is 9. The molecule has 1 saturated heterocycles. The molecule has 5 aromatic heterocycles. The minimum absolute atomic E-state index is 0.128. The lowest BCUT2D eigenvalue weighted by Crippen LogP contribution is -2.31. The summed E-state index contributed by atoms with van der Waals surface area (Å²) in [5, 5.41) is 7.43. The van der Waals surface area contributed by atoms with Gasteiger partial charge in [-0.2, -0.15) is 0 Å². The van der Waals surface area contributed by atoms with Gasteiger partial charge < -0.3 is 15.2 Å². The molecule has 1 aliphatic rings. The van der Waals surface area contributed by atoms with Crippen LogP contribution in [0.25, 0.3) is 22.1 Å². The lowest BCUT2D eigenvalue weighted by Gasteiger charge is -2.19. The van der Waals surface area contributed by atoms with Crippen LogP contribution in [0.1, 0.15) is 28.8 Å². The number of thiazole rings is 1. The third kappa shape index (κ3) is 4.86. The number of carbonyl (C=O) groups excluding carboxylic acids is 1. The Bertz CT molecular complexity index is 1590. The molecule has 1 fully saturated rings. The van der Waals surface area contributed by atoms with Gasteiger partial charge in [-0.3, -0.25) is 14.8 Å². The van der Waals surface area contributed by atoms with E-state index in [0.29, 0.717) is 27.6 Å². The average Bonchev–Trinajstić information content (AvgIpc) is 3.68. The van der Waals surface area contributed by atoms with E-state index < -0.39 is 0 Å². The Morgan fingerprint density at radius 2 is 2.19 bits per heavy atom. The molecule has 37 heavy (non-hydrogen) atoms.